The van der Waals surface area contributed by atoms with E-state index >= 15 is 0 Å². The molecule has 1 atom stereocenters. The fourth-order valence-corrected chi connectivity index (χ4v) is 6.66. The number of fused-ring (bicyclic) bond motifs is 1. The first-order valence-corrected chi connectivity index (χ1v) is 15.4. The molecule has 1 aliphatic heterocycles. The molecule has 10 heteroatoms. The Morgan fingerprint density at radius 3 is 2.25 bits per heavy atom. The average Bonchev–Trinajstić information content (AvgIpc) is 2.74. The Kier molecular flexibility index (Phi) is 6.92. The van der Waals surface area contributed by atoms with Gasteiger partial charge in [0.15, 0.2) is 0 Å². The highest BCUT2D eigenvalue weighted by molar-refractivity contribution is 6.88. The molecule has 0 spiro atoms. The summed E-state index contributed by atoms with van der Waals surface area (Å²) in [4.78, 5) is 39.5. The lowest BCUT2D eigenvalue weighted by Gasteiger charge is -2.41. The summed E-state index contributed by atoms with van der Waals surface area (Å²) in [7, 11) is -0.759. The van der Waals surface area contributed by atoms with Crippen LogP contribution in [0.4, 0.5) is 14.5 Å². The van der Waals surface area contributed by atoms with Gasteiger partial charge in [-0.1, -0.05) is 25.7 Å². The average molecular weight is 517 g/mol. The van der Waals surface area contributed by atoms with Gasteiger partial charge in [0.2, 0.25) is 5.91 Å². The van der Waals surface area contributed by atoms with Crippen molar-refractivity contribution in [2.24, 2.45) is 11.8 Å². The van der Waals surface area contributed by atoms with E-state index in [4.69, 9.17) is 4.74 Å². The van der Waals surface area contributed by atoms with Crippen LogP contribution < -0.4 is 15.2 Å². The smallest absolute Gasteiger partial charge is 0.306 e. The van der Waals surface area contributed by atoms with E-state index in [1.165, 1.54) is 12.0 Å². The maximum atomic E-state index is 14.8. The zero-order valence-electron chi connectivity index (χ0n) is 20.7. The van der Waals surface area contributed by atoms with Gasteiger partial charge >= 0.3 is 5.97 Å². The van der Waals surface area contributed by atoms with E-state index in [1.807, 2.05) is 25.7 Å². The topological polar surface area (TPSA) is 95.9 Å². The molecule has 0 bridgehead atoms. The van der Waals surface area contributed by atoms with Crippen LogP contribution in [-0.4, -0.2) is 49.5 Å². The second-order valence-electron chi connectivity index (χ2n) is 10.5. The van der Waals surface area contributed by atoms with Gasteiger partial charge in [-0.25, -0.2) is 8.78 Å². The number of nitrogens with one attached hydrogen (secondary N) is 1. The van der Waals surface area contributed by atoms with Gasteiger partial charge < -0.3 is 20.1 Å². The quantitative estimate of drug-likeness (QED) is 0.571. The Bertz CT molecular complexity index is 1200. The zero-order valence-corrected chi connectivity index (χ0v) is 21.7. The lowest BCUT2D eigenvalue weighted by Crippen LogP contribution is -2.50. The number of carbonyl (C=O) groups is 3. The normalized spacial score (nSPS) is 21.3. The molecule has 2 aromatic carbocycles. The van der Waals surface area contributed by atoms with E-state index in [9.17, 15) is 28.3 Å². The molecule has 2 N–H and O–H groups in total. The molecule has 1 saturated carbocycles. The van der Waals surface area contributed by atoms with Gasteiger partial charge in [-0.2, -0.15) is 0 Å². The van der Waals surface area contributed by atoms with Crippen LogP contribution >= 0.6 is 0 Å². The van der Waals surface area contributed by atoms with Crippen LogP contribution in [0.5, 0.6) is 5.75 Å². The van der Waals surface area contributed by atoms with E-state index in [-0.39, 0.29) is 36.2 Å². The molecule has 2 amide bonds. The highest BCUT2D eigenvalue weighted by Crippen LogP contribution is 2.40. The molecular formula is C26H30F2N2O5Si. The summed E-state index contributed by atoms with van der Waals surface area (Å²) < 4.78 is 34.9. The first-order valence-electron chi connectivity index (χ1n) is 11.9. The second-order valence-corrected chi connectivity index (χ2v) is 15.5. The minimum Gasteiger partial charge on any atom is -0.497 e. The number of nitrogens with zero attached hydrogens (tertiary/aromatic N) is 1. The molecule has 4 rings (SSSR count). The third-order valence-corrected chi connectivity index (χ3v) is 8.98. The molecule has 7 nitrogen and oxygen atoms in total. The Morgan fingerprint density at radius 2 is 1.69 bits per heavy atom. The summed E-state index contributed by atoms with van der Waals surface area (Å²) in [6, 6.07) is 6.42. The number of rotatable bonds is 6. The highest BCUT2D eigenvalue weighted by Gasteiger charge is 2.45. The van der Waals surface area contributed by atoms with Crippen molar-refractivity contribution in [2.75, 3.05) is 19.0 Å². The van der Waals surface area contributed by atoms with Crippen LogP contribution in [-0.2, 0) is 20.8 Å². The molecule has 1 unspecified atom stereocenters. The van der Waals surface area contributed by atoms with E-state index in [2.05, 4.69) is 5.32 Å². The van der Waals surface area contributed by atoms with Crippen molar-refractivity contribution in [1.29, 1.82) is 0 Å². The summed E-state index contributed by atoms with van der Waals surface area (Å²) in [6.07, 6.45) is 0.942. The van der Waals surface area contributed by atoms with Crippen LogP contribution in [0.25, 0.3) is 0 Å². The van der Waals surface area contributed by atoms with Crippen LogP contribution in [0.3, 0.4) is 0 Å². The molecule has 2 aromatic rings. The standard InChI is InChI=1S/C26H30F2N2O5Si/c1-35-18-5-6-19-14(11-18)7-8-30(25(32)15-9-16(10-15)26(33)34)22(19)24(31)29-17-12-20(27)23(21(28)13-17)36(2,3)4/h5-6,11-13,15-16,22H,7-10H2,1-4H3,(H,29,31)(H,33,34). The molecule has 192 valence electrons. The summed E-state index contributed by atoms with van der Waals surface area (Å²) in [5.74, 6) is -3.67. The number of carboxylic acid groups (broad SMARTS) is 1. The van der Waals surface area contributed by atoms with Crippen LogP contribution in [0.1, 0.15) is 30.0 Å². The van der Waals surface area contributed by atoms with Crippen molar-refractivity contribution < 1.29 is 33.0 Å². The zero-order chi connectivity index (χ0) is 26.4. The third kappa shape index (κ3) is 4.86. The first kappa shape index (κ1) is 25.8. The maximum absolute atomic E-state index is 14.8. The molecule has 1 aliphatic carbocycles. The van der Waals surface area contributed by atoms with E-state index in [0.29, 0.717) is 17.7 Å². The summed E-state index contributed by atoms with van der Waals surface area (Å²) >= 11 is 0. The SMILES string of the molecule is COc1ccc2c(c1)CCN(C(=O)C1CC(C(=O)O)C1)C2C(=O)Nc1cc(F)c([Si](C)(C)C)c(F)c1. The predicted octanol–water partition coefficient (Wildman–Crippen LogP) is 3.69. The highest BCUT2D eigenvalue weighted by atomic mass is 28.3. The van der Waals surface area contributed by atoms with Crippen molar-refractivity contribution in [1.82, 2.24) is 4.90 Å². The number of ether oxygens (including phenoxy) is 1. The van der Waals surface area contributed by atoms with Gasteiger partial charge in [0.1, 0.15) is 23.4 Å². The number of carbonyl (C=O) groups excluding carboxylic acids is 2. The largest absolute Gasteiger partial charge is 0.497 e. The molecule has 1 fully saturated rings. The van der Waals surface area contributed by atoms with Crippen molar-refractivity contribution in [3.63, 3.8) is 0 Å². The lowest BCUT2D eigenvalue weighted by molar-refractivity contribution is -0.154. The van der Waals surface area contributed by atoms with Crippen LogP contribution in [0.2, 0.25) is 19.6 Å². The van der Waals surface area contributed by atoms with Gasteiger partial charge in [0.05, 0.1) is 21.1 Å². The molecule has 2 aliphatic rings. The summed E-state index contributed by atoms with van der Waals surface area (Å²) in [5, 5.41) is 11.8. The Hall–Kier alpha value is -3.27. The number of halogens is 2. The minimum absolute atomic E-state index is 0.0281. The fourth-order valence-electron chi connectivity index (χ4n) is 5.08. The molecule has 0 saturated heterocycles. The third-order valence-electron chi connectivity index (χ3n) is 7.01. The van der Waals surface area contributed by atoms with Gasteiger partial charge in [-0.15, -0.1) is 0 Å². The van der Waals surface area contributed by atoms with Crippen LogP contribution in [0.15, 0.2) is 30.3 Å². The van der Waals surface area contributed by atoms with E-state index < -0.39 is 49.5 Å². The van der Waals surface area contributed by atoms with Crippen molar-refractivity contribution >= 4 is 36.7 Å². The number of benzene rings is 2. The van der Waals surface area contributed by atoms with Gasteiger partial charge in [-0.05, 0) is 54.7 Å². The van der Waals surface area contributed by atoms with Crippen molar-refractivity contribution in [2.45, 2.75) is 44.9 Å². The minimum atomic E-state index is -2.29. The van der Waals surface area contributed by atoms with Crippen molar-refractivity contribution in [3.05, 3.63) is 53.1 Å². The Balaban J connectivity index is 1.65. The fraction of sp³-hybridized carbons (Fsp3) is 0.423. The number of carboxylic acids is 1. The number of methoxy groups -OCH3 is 1. The Morgan fingerprint density at radius 1 is 1.06 bits per heavy atom. The van der Waals surface area contributed by atoms with E-state index in [0.717, 1.165) is 17.7 Å². The summed E-state index contributed by atoms with van der Waals surface area (Å²) in [5.41, 5.74) is 1.41. The molecule has 0 aromatic heterocycles. The van der Waals surface area contributed by atoms with Crippen LogP contribution in [0, 0.1) is 23.5 Å². The Labute approximate surface area is 209 Å². The number of amides is 2. The second kappa shape index (κ2) is 9.65. The van der Waals surface area contributed by atoms with Gasteiger partial charge in [0, 0.05) is 23.3 Å². The molecular weight excluding hydrogens is 486 g/mol. The van der Waals surface area contributed by atoms with Gasteiger partial charge in [0.25, 0.3) is 5.91 Å². The number of anilines is 1. The maximum Gasteiger partial charge on any atom is 0.306 e. The monoisotopic (exact) mass is 516 g/mol. The molecule has 1 heterocycles. The lowest BCUT2D eigenvalue weighted by atomic mass is 9.73. The van der Waals surface area contributed by atoms with Gasteiger partial charge in [-0.3, -0.25) is 14.4 Å². The molecule has 0 radical (unpaired) electrons. The van der Waals surface area contributed by atoms with Crippen molar-refractivity contribution in [3.8, 4) is 5.75 Å². The number of hydrogen-bond acceptors (Lipinski definition) is 4. The number of hydrogen-bond donors (Lipinski definition) is 2. The molecule has 36 heavy (non-hydrogen) atoms. The predicted molar refractivity (Wildman–Crippen MR) is 133 cm³/mol. The number of aliphatic carboxylic acids is 1. The summed E-state index contributed by atoms with van der Waals surface area (Å²) in [6.45, 7) is 5.75. The first-order chi connectivity index (χ1) is 16.9. The van der Waals surface area contributed by atoms with E-state index in [1.54, 1.807) is 12.1 Å².